The number of hydrogen-bond donors (Lipinski definition) is 0. The zero-order chi connectivity index (χ0) is 10.4. The molecule has 0 unspecified atom stereocenters. The van der Waals surface area contributed by atoms with Crippen LogP contribution in [-0.2, 0) is 19.1 Å². The van der Waals surface area contributed by atoms with Crippen LogP contribution >= 0.6 is 11.6 Å². The van der Waals surface area contributed by atoms with E-state index in [9.17, 15) is 9.59 Å². The van der Waals surface area contributed by atoms with E-state index in [0.717, 1.165) is 0 Å². The monoisotopic (exact) mass is 206 g/mol. The molecule has 0 aliphatic heterocycles. The maximum absolute atomic E-state index is 10.9. The van der Waals surface area contributed by atoms with E-state index in [-0.39, 0.29) is 17.0 Å². The Balaban J connectivity index is 4.44. The molecular formula is C8H11ClO4. The smallest absolute Gasteiger partial charge is 0.334 e. The minimum Gasteiger partial charge on any atom is -0.469 e. The maximum Gasteiger partial charge on any atom is 0.334 e. The van der Waals surface area contributed by atoms with Crippen LogP contribution in [-0.4, -0.2) is 26.2 Å². The molecule has 0 amide bonds. The van der Waals surface area contributed by atoms with Gasteiger partial charge in [-0.3, -0.25) is 4.79 Å². The van der Waals surface area contributed by atoms with E-state index in [0.29, 0.717) is 0 Å². The van der Waals surface area contributed by atoms with Crippen molar-refractivity contribution in [2.24, 2.45) is 0 Å². The molecule has 4 nitrogen and oxygen atoms in total. The summed E-state index contributed by atoms with van der Waals surface area (Å²) in [5.74, 6) is -1.04. The van der Waals surface area contributed by atoms with E-state index in [1.807, 2.05) is 0 Å². The third-order valence-corrected chi connectivity index (χ3v) is 1.84. The van der Waals surface area contributed by atoms with Gasteiger partial charge in [0.25, 0.3) is 0 Å². The van der Waals surface area contributed by atoms with E-state index < -0.39 is 11.9 Å². The van der Waals surface area contributed by atoms with Gasteiger partial charge in [0, 0.05) is 10.6 Å². The van der Waals surface area contributed by atoms with Crippen LogP contribution in [0.15, 0.2) is 10.6 Å². The normalized spacial score (nSPS) is 11.7. The number of hydrogen-bond acceptors (Lipinski definition) is 4. The third kappa shape index (κ3) is 3.94. The molecule has 0 bridgehead atoms. The summed E-state index contributed by atoms with van der Waals surface area (Å²) in [7, 11) is 2.49. The van der Waals surface area contributed by atoms with Crippen molar-refractivity contribution in [2.45, 2.75) is 13.3 Å². The molecule has 13 heavy (non-hydrogen) atoms. The molecule has 0 N–H and O–H groups in total. The van der Waals surface area contributed by atoms with Crippen molar-refractivity contribution in [1.29, 1.82) is 0 Å². The molecule has 0 aromatic rings. The number of carbonyl (C=O) groups is 2. The first-order chi connectivity index (χ1) is 6.02. The standard InChI is InChI=1S/C8H11ClO4/c1-5(8(11)13-3)6(9)4-7(10)12-2/h4H2,1-3H3/b6-5+. The Morgan fingerprint density at radius 1 is 1.23 bits per heavy atom. The molecule has 0 spiro atoms. The molecule has 0 aliphatic rings. The molecule has 0 atom stereocenters. The topological polar surface area (TPSA) is 52.6 Å². The third-order valence-electron chi connectivity index (χ3n) is 1.43. The quantitative estimate of drug-likeness (QED) is 0.515. The second kappa shape index (κ2) is 5.59. The highest BCUT2D eigenvalue weighted by Gasteiger charge is 2.12. The van der Waals surface area contributed by atoms with Crippen molar-refractivity contribution in [3.8, 4) is 0 Å². The molecule has 5 heteroatoms. The zero-order valence-electron chi connectivity index (χ0n) is 7.72. The second-order valence-electron chi connectivity index (χ2n) is 2.27. The van der Waals surface area contributed by atoms with Gasteiger partial charge in [-0.15, -0.1) is 0 Å². The largest absolute Gasteiger partial charge is 0.469 e. The van der Waals surface area contributed by atoms with Gasteiger partial charge in [0.2, 0.25) is 0 Å². The van der Waals surface area contributed by atoms with Crippen LogP contribution in [0.4, 0.5) is 0 Å². The van der Waals surface area contributed by atoms with Crippen LogP contribution in [0.3, 0.4) is 0 Å². The summed E-state index contributed by atoms with van der Waals surface area (Å²) < 4.78 is 8.79. The highest BCUT2D eigenvalue weighted by Crippen LogP contribution is 2.15. The SMILES string of the molecule is COC(=O)C/C(Cl)=C(/C)C(=O)OC. The number of ether oxygens (including phenoxy) is 2. The average Bonchev–Trinajstić information content (AvgIpc) is 2.14. The van der Waals surface area contributed by atoms with Gasteiger partial charge >= 0.3 is 11.9 Å². The Morgan fingerprint density at radius 2 is 1.77 bits per heavy atom. The molecule has 0 aliphatic carbocycles. The predicted octanol–water partition coefficient (Wildman–Crippen LogP) is 1.24. The van der Waals surface area contributed by atoms with Crippen molar-refractivity contribution in [1.82, 2.24) is 0 Å². The van der Waals surface area contributed by atoms with Gasteiger partial charge in [-0.05, 0) is 6.92 Å². The fourth-order valence-corrected chi connectivity index (χ4v) is 0.782. The first kappa shape index (κ1) is 12.0. The van der Waals surface area contributed by atoms with Gasteiger partial charge in [0.15, 0.2) is 0 Å². The summed E-state index contributed by atoms with van der Waals surface area (Å²) in [6.45, 7) is 1.48. The van der Waals surface area contributed by atoms with Gasteiger partial charge in [0.1, 0.15) is 0 Å². The van der Waals surface area contributed by atoms with Crippen molar-refractivity contribution in [3.05, 3.63) is 10.6 Å². The first-order valence-corrected chi connectivity index (χ1v) is 3.91. The minimum absolute atomic E-state index is 0.112. The molecule has 0 saturated carbocycles. The van der Waals surface area contributed by atoms with Crippen LogP contribution in [0.25, 0.3) is 0 Å². The lowest BCUT2D eigenvalue weighted by molar-refractivity contribution is -0.139. The van der Waals surface area contributed by atoms with Crippen LogP contribution in [0.1, 0.15) is 13.3 Å². The molecule has 0 fully saturated rings. The lowest BCUT2D eigenvalue weighted by atomic mass is 10.2. The molecule has 0 heterocycles. The Labute approximate surface area is 81.5 Å². The summed E-state index contributed by atoms with van der Waals surface area (Å²) >= 11 is 5.66. The van der Waals surface area contributed by atoms with E-state index in [2.05, 4.69) is 9.47 Å². The Morgan fingerprint density at radius 3 is 2.15 bits per heavy atom. The summed E-state index contributed by atoms with van der Waals surface area (Å²) in [4.78, 5) is 21.7. The summed E-state index contributed by atoms with van der Waals surface area (Å²) in [6, 6.07) is 0. The van der Waals surface area contributed by atoms with Gasteiger partial charge in [-0.2, -0.15) is 0 Å². The summed E-state index contributed by atoms with van der Waals surface area (Å²) in [6.07, 6.45) is -0.112. The maximum atomic E-state index is 10.9. The Kier molecular flexibility index (Phi) is 5.14. The average molecular weight is 207 g/mol. The van der Waals surface area contributed by atoms with Crippen molar-refractivity contribution in [3.63, 3.8) is 0 Å². The Hall–Kier alpha value is -1.03. The fourth-order valence-electron chi connectivity index (χ4n) is 0.595. The van der Waals surface area contributed by atoms with Crippen molar-refractivity contribution < 1.29 is 19.1 Å². The van der Waals surface area contributed by atoms with Gasteiger partial charge < -0.3 is 9.47 Å². The highest BCUT2D eigenvalue weighted by atomic mass is 35.5. The molecule has 0 saturated heterocycles. The summed E-state index contributed by atoms with van der Waals surface area (Å²) in [5, 5.41) is 0.138. The first-order valence-electron chi connectivity index (χ1n) is 3.53. The minimum atomic E-state index is -0.547. The lowest BCUT2D eigenvalue weighted by Gasteiger charge is -2.02. The lowest BCUT2D eigenvalue weighted by Crippen LogP contribution is -2.06. The zero-order valence-corrected chi connectivity index (χ0v) is 8.47. The van der Waals surface area contributed by atoms with Gasteiger partial charge in [-0.25, -0.2) is 4.79 Å². The van der Waals surface area contributed by atoms with E-state index >= 15 is 0 Å². The Bertz CT molecular complexity index is 245. The van der Waals surface area contributed by atoms with Crippen LogP contribution in [0, 0.1) is 0 Å². The molecular weight excluding hydrogens is 196 g/mol. The van der Waals surface area contributed by atoms with Crippen LogP contribution in [0.2, 0.25) is 0 Å². The van der Waals surface area contributed by atoms with E-state index in [4.69, 9.17) is 11.6 Å². The van der Waals surface area contributed by atoms with E-state index in [1.165, 1.54) is 21.1 Å². The van der Waals surface area contributed by atoms with Crippen molar-refractivity contribution in [2.75, 3.05) is 14.2 Å². The van der Waals surface area contributed by atoms with Gasteiger partial charge in [-0.1, -0.05) is 11.6 Å². The van der Waals surface area contributed by atoms with Crippen molar-refractivity contribution >= 4 is 23.5 Å². The van der Waals surface area contributed by atoms with Crippen LogP contribution in [0.5, 0.6) is 0 Å². The molecule has 0 aromatic heterocycles. The van der Waals surface area contributed by atoms with Crippen LogP contribution < -0.4 is 0 Å². The molecule has 0 rings (SSSR count). The second-order valence-corrected chi connectivity index (χ2v) is 2.73. The number of rotatable bonds is 3. The molecule has 74 valence electrons. The fraction of sp³-hybridized carbons (Fsp3) is 0.500. The highest BCUT2D eigenvalue weighted by molar-refractivity contribution is 6.32. The number of esters is 2. The van der Waals surface area contributed by atoms with Gasteiger partial charge in [0.05, 0.1) is 20.6 Å². The predicted molar refractivity (Wildman–Crippen MR) is 47.2 cm³/mol. The molecule has 0 radical (unpaired) electrons. The summed E-state index contributed by atoms with van der Waals surface area (Å²) in [5.41, 5.74) is 0.217. The number of methoxy groups -OCH3 is 2. The van der Waals surface area contributed by atoms with E-state index in [1.54, 1.807) is 0 Å². The number of halogens is 1. The number of carbonyl (C=O) groups excluding carboxylic acids is 2. The molecule has 0 aromatic carbocycles.